The van der Waals surface area contributed by atoms with E-state index in [0.717, 1.165) is 28.4 Å². The molecule has 3 nitrogen and oxygen atoms in total. The number of nitrogens with zero attached hydrogens (tertiary/aromatic N) is 3. The van der Waals surface area contributed by atoms with Crippen LogP contribution in [-0.2, 0) is 10.8 Å². The summed E-state index contributed by atoms with van der Waals surface area (Å²) in [5.74, 6) is 0. The number of anilines is 3. The third-order valence-corrected chi connectivity index (χ3v) is 9.85. The predicted octanol–water partition coefficient (Wildman–Crippen LogP) is 12.8. The van der Waals surface area contributed by atoms with Gasteiger partial charge in [-0.05, 0) is 88.7 Å². The molecule has 2 aromatic heterocycles. The number of hydrogen-bond acceptors (Lipinski definition) is 1. The molecule has 0 aliphatic rings. The zero-order chi connectivity index (χ0) is 33.9. The molecule has 0 atom stereocenters. The lowest BCUT2D eigenvalue weighted by Crippen LogP contribution is -2.14. The average Bonchev–Trinajstić information content (AvgIpc) is 3.68. The van der Waals surface area contributed by atoms with E-state index in [1.807, 2.05) is 0 Å². The first-order valence-electron chi connectivity index (χ1n) is 17.3. The van der Waals surface area contributed by atoms with E-state index in [1.54, 1.807) is 0 Å². The summed E-state index contributed by atoms with van der Waals surface area (Å²) in [6.07, 6.45) is 2.20. The molecular weight excluding hydrogens is 595 g/mol. The van der Waals surface area contributed by atoms with Gasteiger partial charge in [0.2, 0.25) is 0 Å². The van der Waals surface area contributed by atoms with E-state index in [4.69, 9.17) is 0 Å². The Bertz CT molecular complexity index is 2370. The molecule has 3 heteroatoms. The van der Waals surface area contributed by atoms with Gasteiger partial charge in [-0.2, -0.15) is 0 Å². The fraction of sp³-hybridized carbons (Fsp3) is 0.174. The normalized spacial score (nSPS) is 12.3. The van der Waals surface area contributed by atoms with Crippen molar-refractivity contribution in [1.82, 2.24) is 9.13 Å². The Kier molecular flexibility index (Phi) is 7.26. The SMILES string of the molecule is CC(C)(C)c1ccc(N(c2ccc(C(C)(C)C)cc2)c2cccc(-n3c4ccccc4c4ccc5ccn(-c6ccccc6)c5c43)c2)cc1. The van der Waals surface area contributed by atoms with E-state index in [1.165, 1.54) is 43.8 Å². The van der Waals surface area contributed by atoms with Crippen LogP contribution in [0, 0.1) is 0 Å². The fourth-order valence-corrected chi connectivity index (χ4v) is 7.18. The van der Waals surface area contributed by atoms with Gasteiger partial charge in [-0.25, -0.2) is 0 Å². The lowest BCUT2D eigenvalue weighted by molar-refractivity contribution is 0.590. The van der Waals surface area contributed by atoms with Crippen molar-refractivity contribution in [2.45, 2.75) is 52.4 Å². The second kappa shape index (κ2) is 11.6. The summed E-state index contributed by atoms with van der Waals surface area (Å²) < 4.78 is 4.79. The first-order chi connectivity index (χ1) is 23.6. The van der Waals surface area contributed by atoms with Crippen LogP contribution in [0.5, 0.6) is 0 Å². The standard InChI is InChI=1S/C46H43N3/c1-45(2,3)33-20-24-36(25-21-33)48(37-26-22-34(23-27-37)46(4,5)6)38-15-12-16-39(31-38)49-42-18-11-10-17-40(42)41-28-19-32-29-30-47(43(32)44(41)49)35-13-8-7-9-14-35/h7-31H,1-6H3. The smallest absolute Gasteiger partial charge is 0.0788 e. The summed E-state index contributed by atoms with van der Waals surface area (Å²) >= 11 is 0. The maximum atomic E-state index is 2.46. The molecule has 0 spiro atoms. The Labute approximate surface area is 289 Å². The molecule has 0 fully saturated rings. The van der Waals surface area contributed by atoms with Crippen molar-refractivity contribution in [1.29, 1.82) is 0 Å². The van der Waals surface area contributed by atoms with E-state index >= 15 is 0 Å². The summed E-state index contributed by atoms with van der Waals surface area (Å²) in [6, 6.07) is 53.4. The number of hydrogen-bond donors (Lipinski definition) is 0. The molecule has 2 heterocycles. The van der Waals surface area contributed by atoms with E-state index in [-0.39, 0.29) is 10.8 Å². The van der Waals surface area contributed by atoms with Gasteiger partial charge in [-0.15, -0.1) is 0 Å². The van der Waals surface area contributed by atoms with Crippen molar-refractivity contribution in [2.24, 2.45) is 0 Å². The van der Waals surface area contributed by atoms with E-state index < -0.39 is 0 Å². The molecule has 0 radical (unpaired) electrons. The summed E-state index contributed by atoms with van der Waals surface area (Å²) in [5, 5.41) is 3.71. The van der Waals surface area contributed by atoms with Crippen LogP contribution < -0.4 is 4.90 Å². The minimum Gasteiger partial charge on any atom is -0.315 e. The van der Waals surface area contributed by atoms with Crippen molar-refractivity contribution >= 4 is 49.8 Å². The Hall–Kier alpha value is -5.54. The van der Waals surface area contributed by atoms with Gasteiger partial charge in [0, 0.05) is 50.8 Å². The molecule has 0 aliphatic heterocycles. The van der Waals surface area contributed by atoms with Crippen molar-refractivity contribution in [3.8, 4) is 11.4 Å². The van der Waals surface area contributed by atoms with Gasteiger partial charge < -0.3 is 14.0 Å². The summed E-state index contributed by atoms with van der Waals surface area (Å²) in [6.45, 7) is 13.6. The molecule has 0 saturated heterocycles. The average molecular weight is 638 g/mol. The van der Waals surface area contributed by atoms with E-state index in [2.05, 4.69) is 207 Å². The Morgan fingerprint density at radius 3 is 1.67 bits per heavy atom. The number of fused-ring (bicyclic) bond motifs is 5. The highest BCUT2D eigenvalue weighted by Gasteiger charge is 2.21. The number of rotatable bonds is 5. The first-order valence-corrected chi connectivity index (χ1v) is 17.3. The van der Waals surface area contributed by atoms with Crippen LogP contribution in [0.15, 0.2) is 152 Å². The molecule has 8 rings (SSSR count). The van der Waals surface area contributed by atoms with Crippen LogP contribution in [0.25, 0.3) is 44.1 Å². The van der Waals surface area contributed by atoms with Gasteiger partial charge in [0.1, 0.15) is 0 Å². The maximum absolute atomic E-state index is 2.46. The molecule has 0 amide bonds. The van der Waals surface area contributed by atoms with Crippen molar-refractivity contribution in [3.05, 3.63) is 163 Å². The van der Waals surface area contributed by atoms with Crippen molar-refractivity contribution < 1.29 is 0 Å². The minimum atomic E-state index is 0.0803. The fourth-order valence-electron chi connectivity index (χ4n) is 7.18. The topological polar surface area (TPSA) is 13.1 Å². The lowest BCUT2D eigenvalue weighted by Gasteiger charge is -2.28. The van der Waals surface area contributed by atoms with Gasteiger partial charge >= 0.3 is 0 Å². The van der Waals surface area contributed by atoms with Gasteiger partial charge in [0.15, 0.2) is 0 Å². The molecule has 0 N–H and O–H groups in total. The minimum absolute atomic E-state index is 0.0803. The highest BCUT2D eigenvalue weighted by molar-refractivity contribution is 6.18. The molecule has 8 aromatic rings. The van der Waals surface area contributed by atoms with Crippen LogP contribution in [0.3, 0.4) is 0 Å². The molecule has 0 aliphatic carbocycles. The number of benzene rings is 6. The third kappa shape index (κ3) is 5.40. The second-order valence-electron chi connectivity index (χ2n) is 15.2. The predicted molar refractivity (Wildman–Crippen MR) is 210 cm³/mol. The van der Waals surface area contributed by atoms with Crippen molar-refractivity contribution in [2.75, 3.05) is 4.90 Å². The van der Waals surface area contributed by atoms with Crippen molar-refractivity contribution in [3.63, 3.8) is 0 Å². The Balaban J connectivity index is 1.36. The van der Waals surface area contributed by atoms with Gasteiger partial charge in [0.05, 0.1) is 16.6 Å². The summed E-state index contributed by atoms with van der Waals surface area (Å²) in [5.41, 5.74) is 12.1. The molecule has 0 bridgehead atoms. The molecular formula is C46H43N3. The van der Waals surface area contributed by atoms with Crippen LogP contribution in [0.2, 0.25) is 0 Å². The molecule has 242 valence electrons. The van der Waals surface area contributed by atoms with Crippen LogP contribution in [-0.4, -0.2) is 9.13 Å². The Morgan fingerprint density at radius 2 is 1.04 bits per heavy atom. The summed E-state index contributed by atoms with van der Waals surface area (Å²) in [4.78, 5) is 2.39. The maximum Gasteiger partial charge on any atom is 0.0788 e. The second-order valence-corrected chi connectivity index (χ2v) is 15.2. The summed E-state index contributed by atoms with van der Waals surface area (Å²) in [7, 11) is 0. The quantitative estimate of drug-likeness (QED) is 0.183. The van der Waals surface area contributed by atoms with Gasteiger partial charge in [-0.1, -0.05) is 120 Å². The largest absolute Gasteiger partial charge is 0.315 e. The zero-order valence-electron chi connectivity index (χ0n) is 29.3. The third-order valence-electron chi connectivity index (χ3n) is 9.85. The molecule has 0 unspecified atom stereocenters. The van der Waals surface area contributed by atoms with E-state index in [0.29, 0.717) is 0 Å². The van der Waals surface area contributed by atoms with E-state index in [9.17, 15) is 0 Å². The number of aromatic nitrogens is 2. The highest BCUT2D eigenvalue weighted by Crippen LogP contribution is 2.41. The first kappa shape index (κ1) is 30.8. The molecule has 0 saturated carbocycles. The van der Waals surface area contributed by atoms with Crippen LogP contribution in [0.4, 0.5) is 17.1 Å². The zero-order valence-corrected chi connectivity index (χ0v) is 29.3. The molecule has 49 heavy (non-hydrogen) atoms. The monoisotopic (exact) mass is 637 g/mol. The number of para-hydroxylation sites is 2. The lowest BCUT2D eigenvalue weighted by atomic mass is 9.86. The van der Waals surface area contributed by atoms with Gasteiger partial charge in [0.25, 0.3) is 0 Å². The van der Waals surface area contributed by atoms with Crippen LogP contribution in [0.1, 0.15) is 52.7 Å². The van der Waals surface area contributed by atoms with Gasteiger partial charge in [-0.3, -0.25) is 0 Å². The molecule has 6 aromatic carbocycles. The highest BCUT2D eigenvalue weighted by atomic mass is 15.1. The van der Waals surface area contributed by atoms with Crippen LogP contribution >= 0.6 is 0 Å². The Morgan fingerprint density at radius 1 is 0.449 bits per heavy atom.